The van der Waals surface area contributed by atoms with Gasteiger partial charge in [0.2, 0.25) is 0 Å². The smallest absolute Gasteiger partial charge is 0.198 e. The van der Waals surface area contributed by atoms with E-state index in [0.29, 0.717) is 0 Å². The molecule has 1 aliphatic heterocycles. The number of fused-ring (bicyclic) bond motifs is 1. The normalized spacial score (nSPS) is 14.1. The van der Waals surface area contributed by atoms with Crippen molar-refractivity contribution in [2.45, 2.75) is 33.7 Å². The van der Waals surface area contributed by atoms with Crippen molar-refractivity contribution >= 4 is 23.4 Å². The number of anilines is 1. The number of thioether (sulfide) groups is 1. The molecule has 3 rings (SSSR count). The molecule has 0 bridgehead atoms. The average molecular weight is 397 g/mol. The summed E-state index contributed by atoms with van der Waals surface area (Å²) >= 11 is 1.87. The summed E-state index contributed by atoms with van der Waals surface area (Å²) < 4.78 is 0. The minimum atomic E-state index is 0.726. The van der Waals surface area contributed by atoms with Crippen LogP contribution in [0.2, 0.25) is 0 Å². The fraction of sp³-hybridized carbons (Fsp3) is 0.435. The van der Waals surface area contributed by atoms with E-state index in [4.69, 9.17) is 10.7 Å². The van der Waals surface area contributed by atoms with E-state index < -0.39 is 0 Å². The van der Waals surface area contributed by atoms with Crippen LogP contribution in [0.15, 0.2) is 41.4 Å². The summed E-state index contributed by atoms with van der Waals surface area (Å²) in [4.78, 5) is 7.35. The van der Waals surface area contributed by atoms with Crippen molar-refractivity contribution < 1.29 is 0 Å². The Morgan fingerprint density at radius 2 is 1.82 bits per heavy atom. The molecule has 0 saturated carbocycles. The van der Waals surface area contributed by atoms with E-state index in [0.717, 1.165) is 50.1 Å². The van der Waals surface area contributed by atoms with Gasteiger partial charge in [0.1, 0.15) is 0 Å². The van der Waals surface area contributed by atoms with Gasteiger partial charge in [-0.05, 0) is 49.4 Å². The summed E-state index contributed by atoms with van der Waals surface area (Å²) in [5.41, 5.74) is 13.5. The van der Waals surface area contributed by atoms with Crippen molar-refractivity contribution in [3.05, 3.63) is 64.2 Å². The van der Waals surface area contributed by atoms with E-state index in [1.807, 2.05) is 11.8 Å². The van der Waals surface area contributed by atoms with Crippen LogP contribution < -0.4 is 11.1 Å². The van der Waals surface area contributed by atoms with Gasteiger partial charge in [-0.2, -0.15) is 11.8 Å². The molecule has 0 radical (unpaired) electrons. The highest BCUT2D eigenvalue weighted by atomic mass is 32.2. The minimum absolute atomic E-state index is 0.726. The zero-order chi connectivity index (χ0) is 19.9. The molecule has 2 aromatic carbocycles. The Morgan fingerprint density at radius 1 is 1.11 bits per heavy atom. The molecule has 0 spiro atoms. The van der Waals surface area contributed by atoms with Crippen molar-refractivity contribution in [2.75, 3.05) is 36.5 Å². The number of aliphatic imine (C=N–C) groups is 1. The number of nitrogens with one attached hydrogen (secondary N) is 1. The molecule has 0 atom stereocenters. The summed E-state index contributed by atoms with van der Waals surface area (Å²) in [6.45, 7) is 9.91. The number of benzene rings is 2. The average Bonchev–Trinajstić information content (AvgIpc) is 2.68. The number of nitrogens with zero attached hydrogens (tertiary/aromatic N) is 2. The maximum absolute atomic E-state index is 5.60. The van der Waals surface area contributed by atoms with Gasteiger partial charge in [0.25, 0.3) is 0 Å². The zero-order valence-electron chi connectivity index (χ0n) is 17.3. The van der Waals surface area contributed by atoms with Gasteiger partial charge in [-0.15, -0.1) is 0 Å². The second kappa shape index (κ2) is 9.99. The van der Waals surface area contributed by atoms with Crippen molar-refractivity contribution in [3.63, 3.8) is 0 Å². The van der Waals surface area contributed by atoms with Crippen LogP contribution >= 0.6 is 11.8 Å². The number of hydrogen-bond donors (Lipinski definition) is 2. The number of guanidine groups is 1. The Bertz CT molecular complexity index is 808. The molecule has 3 N–H and O–H groups in total. The Labute approximate surface area is 173 Å². The highest BCUT2D eigenvalue weighted by Gasteiger charge is 2.20. The van der Waals surface area contributed by atoms with Crippen LogP contribution in [0, 0.1) is 20.8 Å². The molecule has 150 valence electrons. The van der Waals surface area contributed by atoms with Gasteiger partial charge in [0.05, 0.1) is 6.54 Å². The molecule has 1 heterocycles. The third-order valence-corrected chi connectivity index (χ3v) is 6.10. The van der Waals surface area contributed by atoms with Gasteiger partial charge >= 0.3 is 0 Å². The lowest BCUT2D eigenvalue weighted by Crippen LogP contribution is -2.40. The standard InChI is InChI=1S/C23H32N4S/c1-17-14-18(2)22(19(3)15-17)26-23(25-10-13-28-12-9-24)27-11-8-20-6-4-5-7-21(20)16-27/h4-7,14-15H,8-13,16,24H2,1-3H3,(H,25,26). The summed E-state index contributed by atoms with van der Waals surface area (Å²) in [7, 11) is 0. The quantitative estimate of drug-likeness (QED) is 0.438. The molecule has 0 fully saturated rings. The molecule has 0 saturated heterocycles. The maximum atomic E-state index is 5.60. The number of nitrogens with two attached hydrogens (primary N) is 1. The number of rotatable bonds is 6. The Morgan fingerprint density at radius 3 is 2.54 bits per heavy atom. The molecule has 0 aromatic heterocycles. The van der Waals surface area contributed by atoms with Crippen LogP contribution in [0.5, 0.6) is 0 Å². The van der Waals surface area contributed by atoms with Gasteiger partial charge in [0.15, 0.2) is 5.96 Å². The topological polar surface area (TPSA) is 53.6 Å². The van der Waals surface area contributed by atoms with Crippen molar-refractivity contribution in [1.82, 2.24) is 4.90 Å². The van der Waals surface area contributed by atoms with E-state index in [1.54, 1.807) is 0 Å². The first kappa shape index (κ1) is 20.7. The van der Waals surface area contributed by atoms with Gasteiger partial charge in [-0.3, -0.25) is 4.99 Å². The molecule has 4 nitrogen and oxygen atoms in total. The Hall–Kier alpha value is -1.98. The van der Waals surface area contributed by atoms with Gasteiger partial charge in [-0.25, -0.2) is 0 Å². The minimum Gasteiger partial charge on any atom is -0.338 e. The largest absolute Gasteiger partial charge is 0.338 e. The fourth-order valence-corrected chi connectivity index (χ4v) is 4.38. The van der Waals surface area contributed by atoms with Crippen LogP contribution in [0.3, 0.4) is 0 Å². The molecular weight excluding hydrogens is 364 g/mol. The first-order valence-corrected chi connectivity index (χ1v) is 11.2. The summed E-state index contributed by atoms with van der Waals surface area (Å²) in [5.74, 6) is 2.97. The number of hydrogen-bond acceptors (Lipinski definition) is 3. The molecule has 0 amide bonds. The van der Waals surface area contributed by atoms with Crippen LogP contribution in [0.1, 0.15) is 27.8 Å². The molecule has 0 aliphatic carbocycles. The SMILES string of the molecule is Cc1cc(C)c(NC(=NCCSCCN)N2CCc3ccccc3C2)c(C)c1. The summed E-state index contributed by atoms with van der Waals surface area (Å²) in [5, 5.41) is 3.68. The molecule has 0 unspecified atom stereocenters. The van der Waals surface area contributed by atoms with Crippen molar-refractivity contribution in [1.29, 1.82) is 0 Å². The first-order valence-electron chi connectivity index (χ1n) is 10.1. The molecule has 2 aromatic rings. The molecule has 28 heavy (non-hydrogen) atoms. The van der Waals surface area contributed by atoms with Crippen molar-refractivity contribution in [2.24, 2.45) is 10.7 Å². The van der Waals surface area contributed by atoms with Crippen molar-refractivity contribution in [3.8, 4) is 0 Å². The van der Waals surface area contributed by atoms with E-state index in [2.05, 4.69) is 67.4 Å². The van der Waals surface area contributed by atoms with Gasteiger partial charge < -0.3 is 16.0 Å². The van der Waals surface area contributed by atoms with E-state index in [-0.39, 0.29) is 0 Å². The van der Waals surface area contributed by atoms with Gasteiger partial charge in [-0.1, -0.05) is 42.0 Å². The summed E-state index contributed by atoms with van der Waals surface area (Å²) in [6.07, 6.45) is 1.06. The Kier molecular flexibility index (Phi) is 7.40. The lowest BCUT2D eigenvalue weighted by Gasteiger charge is -2.32. The third kappa shape index (κ3) is 5.30. The van der Waals surface area contributed by atoms with Crippen LogP contribution in [-0.4, -0.2) is 42.0 Å². The lowest BCUT2D eigenvalue weighted by molar-refractivity contribution is 0.391. The fourth-order valence-electron chi connectivity index (χ4n) is 3.79. The van der Waals surface area contributed by atoms with Crippen LogP contribution in [0.4, 0.5) is 5.69 Å². The predicted octanol–water partition coefficient (Wildman–Crippen LogP) is 4.13. The van der Waals surface area contributed by atoms with E-state index in [9.17, 15) is 0 Å². The third-order valence-electron chi connectivity index (χ3n) is 5.10. The molecular formula is C23H32N4S. The monoisotopic (exact) mass is 396 g/mol. The highest BCUT2D eigenvalue weighted by Crippen LogP contribution is 2.24. The van der Waals surface area contributed by atoms with E-state index >= 15 is 0 Å². The highest BCUT2D eigenvalue weighted by molar-refractivity contribution is 7.99. The first-order chi connectivity index (χ1) is 13.6. The van der Waals surface area contributed by atoms with E-state index in [1.165, 1.54) is 33.5 Å². The molecule has 5 heteroatoms. The van der Waals surface area contributed by atoms with Crippen LogP contribution in [0.25, 0.3) is 0 Å². The molecule has 1 aliphatic rings. The maximum Gasteiger partial charge on any atom is 0.198 e. The summed E-state index contributed by atoms with van der Waals surface area (Å²) in [6, 6.07) is 13.2. The number of aryl methyl sites for hydroxylation is 3. The second-order valence-corrected chi connectivity index (χ2v) is 8.67. The van der Waals surface area contributed by atoms with Crippen LogP contribution in [-0.2, 0) is 13.0 Å². The predicted molar refractivity (Wildman–Crippen MR) is 124 cm³/mol. The lowest BCUT2D eigenvalue weighted by atomic mass is 10.00. The Balaban J connectivity index is 1.81. The second-order valence-electron chi connectivity index (χ2n) is 7.45. The van der Waals surface area contributed by atoms with Gasteiger partial charge in [0, 0.05) is 36.8 Å². The zero-order valence-corrected chi connectivity index (χ0v) is 18.1.